The highest BCUT2D eigenvalue weighted by molar-refractivity contribution is 5.69. The van der Waals surface area contributed by atoms with Crippen molar-refractivity contribution < 1.29 is 19.4 Å². The second-order valence-corrected chi connectivity index (χ2v) is 5.19. The van der Waals surface area contributed by atoms with Gasteiger partial charge >= 0.3 is 12.2 Å². The monoisotopic (exact) mass is 307 g/mol. The average Bonchev–Trinajstić information content (AvgIpc) is 3.03. The lowest BCUT2D eigenvalue weighted by Gasteiger charge is -2.25. The molecule has 2 N–H and O–H groups in total. The van der Waals surface area contributed by atoms with E-state index in [0.717, 1.165) is 36.4 Å². The Morgan fingerprint density at radius 2 is 1.91 bits per heavy atom. The summed E-state index contributed by atoms with van der Waals surface area (Å²) in [6.45, 7) is 2.16. The highest BCUT2D eigenvalue weighted by Gasteiger charge is 2.19. The van der Waals surface area contributed by atoms with Crippen molar-refractivity contribution in [2.75, 3.05) is 26.4 Å². The van der Waals surface area contributed by atoms with E-state index in [-0.39, 0.29) is 13.3 Å². The summed E-state index contributed by atoms with van der Waals surface area (Å²) >= 11 is 0. The molecule has 2 rings (SSSR count). The van der Waals surface area contributed by atoms with Crippen LogP contribution in [0, 0.1) is 0 Å². The molecule has 0 bridgehead atoms. The summed E-state index contributed by atoms with van der Waals surface area (Å²) in [5, 5.41) is 11.6. The second kappa shape index (κ2) is 8.23. The number of nitrogens with zero attached hydrogens (tertiary/aromatic N) is 2. The van der Waals surface area contributed by atoms with Gasteiger partial charge in [-0.05, 0) is 31.5 Å². The number of benzene rings is 1. The number of likely N-dealkylation sites (tertiary alicyclic amines) is 1. The summed E-state index contributed by atoms with van der Waals surface area (Å²) in [5.41, 5.74) is 0.879. The van der Waals surface area contributed by atoms with Crippen LogP contribution in [0.15, 0.2) is 30.3 Å². The fourth-order valence-electron chi connectivity index (χ4n) is 2.28. The smallest absolute Gasteiger partial charge is 0.409 e. The molecule has 2 amide bonds. The number of amides is 2. The predicted octanol–water partition coefficient (Wildman–Crippen LogP) is 1.90. The maximum absolute atomic E-state index is 11.6. The molecular weight excluding hydrogens is 286 g/mol. The van der Waals surface area contributed by atoms with Gasteiger partial charge in [0, 0.05) is 0 Å². The van der Waals surface area contributed by atoms with Crippen LogP contribution in [0.2, 0.25) is 0 Å². The van der Waals surface area contributed by atoms with Crippen LogP contribution in [0.4, 0.5) is 9.59 Å². The Hall–Kier alpha value is -2.28. The van der Waals surface area contributed by atoms with Gasteiger partial charge in [-0.2, -0.15) is 0 Å². The summed E-state index contributed by atoms with van der Waals surface area (Å²) in [6.07, 6.45) is 0.479. The van der Waals surface area contributed by atoms with Crippen molar-refractivity contribution in [1.82, 2.24) is 15.1 Å². The molecule has 0 aliphatic carbocycles. The minimum absolute atomic E-state index is 0.0839. The van der Waals surface area contributed by atoms with Crippen molar-refractivity contribution >= 4 is 12.2 Å². The first-order chi connectivity index (χ1) is 10.6. The number of alkyl carbamates (subject to hydrolysis) is 1. The van der Waals surface area contributed by atoms with Crippen LogP contribution in [0.1, 0.15) is 18.4 Å². The van der Waals surface area contributed by atoms with E-state index in [4.69, 9.17) is 9.84 Å². The number of hydrogen-bond acceptors (Lipinski definition) is 4. The van der Waals surface area contributed by atoms with Gasteiger partial charge in [0.1, 0.15) is 13.3 Å². The van der Waals surface area contributed by atoms with E-state index >= 15 is 0 Å². The molecule has 1 fully saturated rings. The van der Waals surface area contributed by atoms with E-state index < -0.39 is 12.2 Å². The van der Waals surface area contributed by atoms with Gasteiger partial charge in [-0.25, -0.2) is 9.59 Å². The standard InChI is InChI=1S/C15H21N3O4/c19-14(22-10-13-6-2-1-3-7-13)16-11-18(15(20)21)12-17-8-4-5-9-17/h1-3,6-7H,4-5,8-12H2,(H,16,19)(H,20,21). The van der Waals surface area contributed by atoms with Gasteiger partial charge in [0.05, 0.1) is 6.67 Å². The highest BCUT2D eigenvalue weighted by atomic mass is 16.5. The first-order valence-corrected chi connectivity index (χ1v) is 7.30. The van der Waals surface area contributed by atoms with Crippen molar-refractivity contribution in [3.8, 4) is 0 Å². The van der Waals surface area contributed by atoms with E-state index in [2.05, 4.69) is 5.32 Å². The summed E-state index contributed by atoms with van der Waals surface area (Å²) in [4.78, 5) is 26.0. The molecule has 1 saturated heterocycles. The zero-order valence-corrected chi connectivity index (χ0v) is 12.4. The van der Waals surface area contributed by atoms with E-state index in [9.17, 15) is 9.59 Å². The molecule has 1 aliphatic rings. The maximum atomic E-state index is 11.6. The first kappa shape index (κ1) is 16.1. The Morgan fingerprint density at radius 1 is 1.23 bits per heavy atom. The maximum Gasteiger partial charge on any atom is 0.409 e. The fraction of sp³-hybridized carbons (Fsp3) is 0.467. The number of rotatable bonds is 6. The Morgan fingerprint density at radius 3 is 2.55 bits per heavy atom. The van der Waals surface area contributed by atoms with Gasteiger partial charge in [-0.3, -0.25) is 9.80 Å². The molecule has 0 unspecified atom stereocenters. The van der Waals surface area contributed by atoms with Crippen LogP contribution >= 0.6 is 0 Å². The molecule has 0 radical (unpaired) electrons. The minimum atomic E-state index is -1.06. The Labute approximate surface area is 129 Å². The quantitative estimate of drug-likeness (QED) is 0.784. The van der Waals surface area contributed by atoms with Crippen LogP contribution in [0.3, 0.4) is 0 Å². The highest BCUT2D eigenvalue weighted by Crippen LogP contribution is 2.08. The van der Waals surface area contributed by atoms with Gasteiger partial charge < -0.3 is 15.2 Å². The molecule has 7 nitrogen and oxygen atoms in total. The molecule has 1 aromatic rings. The van der Waals surface area contributed by atoms with E-state index in [0.29, 0.717) is 6.67 Å². The molecule has 0 spiro atoms. The summed E-state index contributed by atoms with van der Waals surface area (Å²) < 4.78 is 5.04. The SMILES string of the molecule is O=C(NCN(CN1CCCC1)C(=O)O)OCc1ccccc1. The average molecular weight is 307 g/mol. The van der Waals surface area contributed by atoms with Crippen LogP contribution in [0.5, 0.6) is 0 Å². The normalized spacial score (nSPS) is 14.5. The van der Waals surface area contributed by atoms with Crippen LogP contribution < -0.4 is 5.32 Å². The van der Waals surface area contributed by atoms with Crippen LogP contribution in [-0.2, 0) is 11.3 Å². The Kier molecular flexibility index (Phi) is 6.02. The van der Waals surface area contributed by atoms with Gasteiger partial charge in [0.15, 0.2) is 0 Å². The molecule has 22 heavy (non-hydrogen) atoms. The molecule has 0 aromatic heterocycles. The molecular formula is C15H21N3O4. The lowest BCUT2D eigenvalue weighted by atomic mass is 10.2. The third-order valence-electron chi connectivity index (χ3n) is 3.47. The van der Waals surface area contributed by atoms with Crippen molar-refractivity contribution in [2.45, 2.75) is 19.4 Å². The predicted molar refractivity (Wildman–Crippen MR) is 80.2 cm³/mol. The molecule has 7 heteroatoms. The lowest BCUT2D eigenvalue weighted by Crippen LogP contribution is -2.46. The number of carbonyl (C=O) groups is 2. The van der Waals surface area contributed by atoms with Gasteiger partial charge in [-0.1, -0.05) is 30.3 Å². The Balaban J connectivity index is 1.71. The number of carboxylic acid groups (broad SMARTS) is 1. The molecule has 1 heterocycles. The third-order valence-corrected chi connectivity index (χ3v) is 3.47. The number of ether oxygens (including phenoxy) is 1. The first-order valence-electron chi connectivity index (χ1n) is 7.30. The van der Waals surface area contributed by atoms with Crippen molar-refractivity contribution in [2.24, 2.45) is 0 Å². The number of hydrogen-bond donors (Lipinski definition) is 2. The van der Waals surface area contributed by atoms with Crippen molar-refractivity contribution in [1.29, 1.82) is 0 Å². The third kappa shape index (κ3) is 5.25. The molecule has 1 aromatic carbocycles. The van der Waals surface area contributed by atoms with Crippen molar-refractivity contribution in [3.05, 3.63) is 35.9 Å². The second-order valence-electron chi connectivity index (χ2n) is 5.19. The lowest BCUT2D eigenvalue weighted by molar-refractivity contribution is 0.0994. The number of carbonyl (C=O) groups excluding carboxylic acids is 1. The minimum Gasteiger partial charge on any atom is -0.465 e. The Bertz CT molecular complexity index is 489. The van der Waals surface area contributed by atoms with E-state index in [1.54, 1.807) is 0 Å². The van der Waals surface area contributed by atoms with Crippen LogP contribution in [0.25, 0.3) is 0 Å². The molecule has 0 atom stereocenters. The van der Waals surface area contributed by atoms with Crippen LogP contribution in [-0.4, -0.2) is 53.5 Å². The van der Waals surface area contributed by atoms with Gasteiger partial charge in [0.2, 0.25) is 0 Å². The topological polar surface area (TPSA) is 82.1 Å². The van der Waals surface area contributed by atoms with Gasteiger partial charge in [0.25, 0.3) is 0 Å². The van der Waals surface area contributed by atoms with E-state index in [1.807, 2.05) is 35.2 Å². The molecule has 1 aliphatic heterocycles. The largest absolute Gasteiger partial charge is 0.465 e. The van der Waals surface area contributed by atoms with E-state index in [1.165, 1.54) is 0 Å². The van der Waals surface area contributed by atoms with Gasteiger partial charge in [-0.15, -0.1) is 0 Å². The summed E-state index contributed by atoms with van der Waals surface area (Å²) in [5.74, 6) is 0. The zero-order chi connectivity index (χ0) is 15.8. The zero-order valence-electron chi connectivity index (χ0n) is 12.4. The number of nitrogens with one attached hydrogen (secondary N) is 1. The fourth-order valence-corrected chi connectivity index (χ4v) is 2.28. The summed E-state index contributed by atoms with van der Waals surface area (Å²) in [7, 11) is 0. The molecule has 120 valence electrons. The summed E-state index contributed by atoms with van der Waals surface area (Å²) in [6, 6.07) is 9.30. The molecule has 0 saturated carbocycles. The van der Waals surface area contributed by atoms with Crippen molar-refractivity contribution in [3.63, 3.8) is 0 Å².